The highest BCUT2D eigenvalue weighted by molar-refractivity contribution is 6.29. The van der Waals surface area contributed by atoms with Crippen LogP contribution in [0.25, 0.3) is 0 Å². The molecule has 6 heteroatoms. The molecule has 0 spiro atoms. The summed E-state index contributed by atoms with van der Waals surface area (Å²) < 4.78 is 0. The minimum absolute atomic E-state index is 0.102. The Morgan fingerprint density at radius 2 is 2.16 bits per heavy atom. The predicted molar refractivity (Wildman–Crippen MR) is 72.6 cm³/mol. The lowest BCUT2D eigenvalue weighted by Gasteiger charge is -2.08. The maximum Gasteiger partial charge on any atom is 0.339 e. The van der Waals surface area contributed by atoms with Crippen LogP contribution in [0.2, 0.25) is 5.15 Å². The van der Waals surface area contributed by atoms with Gasteiger partial charge in [-0.1, -0.05) is 17.7 Å². The van der Waals surface area contributed by atoms with Crippen molar-refractivity contribution in [2.24, 2.45) is 0 Å². The van der Waals surface area contributed by atoms with Crippen LogP contribution in [0.1, 0.15) is 16.1 Å². The maximum absolute atomic E-state index is 11.0. The second-order valence-electron chi connectivity index (χ2n) is 3.83. The molecule has 0 saturated heterocycles. The van der Waals surface area contributed by atoms with E-state index in [1.165, 1.54) is 12.1 Å². The third-order valence-corrected chi connectivity index (χ3v) is 2.70. The standard InChI is InChI=1S/C13H12ClN3O2/c14-11-5-4-10(13(18)19)12(17-11)16-8-6-9-3-1-2-7-15-9/h1-5,7H,6,8H2,(H,16,17)(H,18,19). The second-order valence-corrected chi connectivity index (χ2v) is 4.22. The van der Waals surface area contributed by atoms with Crippen LogP contribution in [0.3, 0.4) is 0 Å². The molecule has 19 heavy (non-hydrogen) atoms. The van der Waals surface area contributed by atoms with E-state index in [0.717, 1.165) is 5.69 Å². The fraction of sp³-hybridized carbons (Fsp3) is 0.154. The number of nitrogens with zero attached hydrogens (tertiary/aromatic N) is 2. The minimum Gasteiger partial charge on any atom is -0.478 e. The van der Waals surface area contributed by atoms with E-state index >= 15 is 0 Å². The third kappa shape index (κ3) is 3.66. The smallest absolute Gasteiger partial charge is 0.339 e. The van der Waals surface area contributed by atoms with Gasteiger partial charge in [-0.25, -0.2) is 9.78 Å². The SMILES string of the molecule is O=C(O)c1ccc(Cl)nc1NCCc1ccccn1. The van der Waals surface area contributed by atoms with E-state index in [0.29, 0.717) is 13.0 Å². The summed E-state index contributed by atoms with van der Waals surface area (Å²) in [5, 5.41) is 12.3. The Labute approximate surface area is 115 Å². The summed E-state index contributed by atoms with van der Waals surface area (Å²) in [6.45, 7) is 0.532. The van der Waals surface area contributed by atoms with Gasteiger partial charge in [-0.3, -0.25) is 4.98 Å². The van der Waals surface area contributed by atoms with E-state index < -0.39 is 5.97 Å². The summed E-state index contributed by atoms with van der Waals surface area (Å²) >= 11 is 5.76. The van der Waals surface area contributed by atoms with E-state index in [2.05, 4.69) is 15.3 Å². The molecule has 0 radical (unpaired) electrons. The highest BCUT2D eigenvalue weighted by atomic mass is 35.5. The zero-order valence-corrected chi connectivity index (χ0v) is 10.8. The highest BCUT2D eigenvalue weighted by Crippen LogP contribution is 2.16. The fourth-order valence-electron chi connectivity index (χ4n) is 1.60. The largest absolute Gasteiger partial charge is 0.478 e. The Bertz CT molecular complexity index is 575. The Hall–Kier alpha value is -2.14. The monoisotopic (exact) mass is 277 g/mol. The zero-order valence-electron chi connectivity index (χ0n) is 10.0. The first-order chi connectivity index (χ1) is 9.16. The predicted octanol–water partition coefficient (Wildman–Crippen LogP) is 2.48. The van der Waals surface area contributed by atoms with Gasteiger partial charge in [0.05, 0.1) is 0 Å². The summed E-state index contributed by atoms with van der Waals surface area (Å²) in [6.07, 6.45) is 2.39. The molecule has 0 aliphatic carbocycles. The van der Waals surface area contributed by atoms with Crippen LogP contribution in [-0.4, -0.2) is 27.6 Å². The average molecular weight is 278 g/mol. The number of carboxylic acid groups (broad SMARTS) is 1. The van der Waals surface area contributed by atoms with Gasteiger partial charge >= 0.3 is 5.97 Å². The van der Waals surface area contributed by atoms with Gasteiger partial charge in [-0.2, -0.15) is 0 Å². The topological polar surface area (TPSA) is 75.1 Å². The van der Waals surface area contributed by atoms with Crippen molar-refractivity contribution >= 4 is 23.4 Å². The van der Waals surface area contributed by atoms with E-state index in [9.17, 15) is 4.79 Å². The van der Waals surface area contributed by atoms with Crippen LogP contribution < -0.4 is 5.32 Å². The number of aromatic carboxylic acids is 1. The summed E-state index contributed by atoms with van der Waals surface area (Å²) in [6, 6.07) is 8.54. The van der Waals surface area contributed by atoms with Crippen molar-refractivity contribution in [1.82, 2.24) is 9.97 Å². The summed E-state index contributed by atoms with van der Waals surface area (Å²) in [5.74, 6) is -0.763. The molecule has 2 aromatic rings. The lowest BCUT2D eigenvalue weighted by atomic mass is 10.2. The van der Waals surface area contributed by atoms with Crippen molar-refractivity contribution in [3.8, 4) is 0 Å². The molecule has 0 atom stereocenters. The Morgan fingerprint density at radius 3 is 2.84 bits per heavy atom. The quantitative estimate of drug-likeness (QED) is 0.821. The van der Waals surface area contributed by atoms with Gasteiger partial charge in [-0.15, -0.1) is 0 Å². The van der Waals surface area contributed by atoms with Crippen LogP contribution in [-0.2, 0) is 6.42 Å². The first-order valence-electron chi connectivity index (χ1n) is 5.70. The van der Waals surface area contributed by atoms with Crippen molar-refractivity contribution < 1.29 is 9.90 Å². The van der Waals surface area contributed by atoms with Crippen LogP contribution in [0.4, 0.5) is 5.82 Å². The summed E-state index contributed by atoms with van der Waals surface area (Å²) in [4.78, 5) is 19.2. The number of rotatable bonds is 5. The number of hydrogen-bond donors (Lipinski definition) is 2. The molecule has 2 heterocycles. The Morgan fingerprint density at radius 1 is 1.32 bits per heavy atom. The van der Waals surface area contributed by atoms with E-state index in [4.69, 9.17) is 16.7 Å². The van der Waals surface area contributed by atoms with Crippen molar-refractivity contribution in [2.75, 3.05) is 11.9 Å². The molecule has 0 amide bonds. The van der Waals surface area contributed by atoms with Crippen molar-refractivity contribution in [3.05, 3.63) is 52.9 Å². The molecule has 0 aliphatic rings. The molecule has 0 saturated carbocycles. The summed E-state index contributed by atoms with van der Waals surface area (Å²) in [5.41, 5.74) is 1.03. The number of pyridine rings is 2. The molecular formula is C13H12ClN3O2. The third-order valence-electron chi connectivity index (χ3n) is 2.49. The number of nitrogens with one attached hydrogen (secondary N) is 1. The van der Waals surface area contributed by atoms with Crippen molar-refractivity contribution in [3.63, 3.8) is 0 Å². The van der Waals surface area contributed by atoms with Gasteiger partial charge in [0.1, 0.15) is 16.5 Å². The van der Waals surface area contributed by atoms with E-state index in [1.54, 1.807) is 6.20 Å². The number of carboxylic acids is 1. The molecule has 0 unspecified atom stereocenters. The van der Waals surface area contributed by atoms with Crippen LogP contribution in [0.5, 0.6) is 0 Å². The normalized spacial score (nSPS) is 10.2. The minimum atomic E-state index is -1.04. The number of anilines is 1. The Balaban J connectivity index is 2.03. The first kappa shape index (κ1) is 13.3. The van der Waals surface area contributed by atoms with E-state index in [1.807, 2.05) is 18.2 Å². The van der Waals surface area contributed by atoms with Crippen LogP contribution in [0, 0.1) is 0 Å². The highest BCUT2D eigenvalue weighted by Gasteiger charge is 2.11. The second kappa shape index (κ2) is 6.15. The molecule has 0 bridgehead atoms. The average Bonchev–Trinajstić information content (AvgIpc) is 2.39. The number of carbonyl (C=O) groups is 1. The van der Waals surface area contributed by atoms with Gasteiger partial charge in [0.15, 0.2) is 0 Å². The molecule has 98 valence electrons. The van der Waals surface area contributed by atoms with Gasteiger partial charge in [0, 0.05) is 24.9 Å². The Kier molecular flexibility index (Phi) is 4.30. The number of halogens is 1. The molecular weight excluding hydrogens is 266 g/mol. The summed E-state index contributed by atoms with van der Waals surface area (Å²) in [7, 11) is 0. The molecule has 5 nitrogen and oxygen atoms in total. The van der Waals surface area contributed by atoms with Crippen molar-refractivity contribution in [1.29, 1.82) is 0 Å². The van der Waals surface area contributed by atoms with Crippen LogP contribution >= 0.6 is 11.6 Å². The molecule has 0 aromatic carbocycles. The van der Waals surface area contributed by atoms with Gasteiger partial charge < -0.3 is 10.4 Å². The first-order valence-corrected chi connectivity index (χ1v) is 6.08. The zero-order chi connectivity index (χ0) is 13.7. The van der Waals surface area contributed by atoms with Gasteiger partial charge in [0.25, 0.3) is 0 Å². The van der Waals surface area contributed by atoms with E-state index in [-0.39, 0.29) is 16.5 Å². The number of hydrogen-bond acceptors (Lipinski definition) is 4. The molecule has 2 aromatic heterocycles. The maximum atomic E-state index is 11.0. The van der Waals surface area contributed by atoms with Gasteiger partial charge in [-0.05, 0) is 24.3 Å². The lowest BCUT2D eigenvalue weighted by molar-refractivity contribution is 0.0697. The molecule has 0 aliphatic heterocycles. The number of aromatic nitrogens is 2. The van der Waals surface area contributed by atoms with Crippen LogP contribution in [0.15, 0.2) is 36.5 Å². The molecule has 0 fully saturated rings. The lowest BCUT2D eigenvalue weighted by Crippen LogP contribution is -2.11. The van der Waals surface area contributed by atoms with Gasteiger partial charge in [0.2, 0.25) is 0 Å². The molecule has 2 rings (SSSR count). The van der Waals surface area contributed by atoms with Crippen molar-refractivity contribution in [2.45, 2.75) is 6.42 Å². The molecule has 2 N–H and O–H groups in total. The fourth-order valence-corrected chi connectivity index (χ4v) is 1.75.